The highest BCUT2D eigenvalue weighted by Crippen LogP contribution is 2.10. The smallest absolute Gasteiger partial charge is 0.306 e. The Kier molecular flexibility index (Phi) is 40.7. The van der Waals surface area contributed by atoms with E-state index in [9.17, 15) is 14.4 Å². The molecule has 314 valence electrons. The van der Waals surface area contributed by atoms with Gasteiger partial charge >= 0.3 is 17.9 Å². The Balaban J connectivity index is 4.48. The number of hydrogen-bond acceptors (Lipinski definition) is 6. The lowest BCUT2D eigenvalue weighted by Crippen LogP contribution is -2.30. The minimum atomic E-state index is -0.819. The summed E-state index contributed by atoms with van der Waals surface area (Å²) in [6.07, 6.45) is 58.1. The molecule has 0 saturated carbocycles. The molecular weight excluding hydrogens is 697 g/mol. The van der Waals surface area contributed by atoms with E-state index in [1.165, 1.54) is 19.3 Å². The van der Waals surface area contributed by atoms with Gasteiger partial charge in [-0.15, -0.1) is 0 Å². The molecule has 1 unspecified atom stereocenters. The third-order valence-electron chi connectivity index (χ3n) is 8.52. The second kappa shape index (κ2) is 43.8. The van der Waals surface area contributed by atoms with E-state index >= 15 is 0 Å². The monoisotopic (exact) mass is 775 g/mol. The maximum absolute atomic E-state index is 12.7. The minimum Gasteiger partial charge on any atom is -0.462 e. The average molecular weight is 775 g/mol. The lowest BCUT2D eigenvalue weighted by molar-refractivity contribution is -0.167. The Morgan fingerprint density at radius 1 is 0.375 bits per heavy atom. The molecule has 0 heterocycles. The average Bonchev–Trinajstić information content (AvgIpc) is 3.19. The van der Waals surface area contributed by atoms with Crippen molar-refractivity contribution in [2.24, 2.45) is 0 Å². The van der Waals surface area contributed by atoms with Crippen LogP contribution in [0.2, 0.25) is 0 Å². The van der Waals surface area contributed by atoms with E-state index in [2.05, 4.69) is 130 Å². The Morgan fingerprint density at radius 2 is 0.714 bits per heavy atom. The Labute approximate surface area is 342 Å². The van der Waals surface area contributed by atoms with Gasteiger partial charge in [0.2, 0.25) is 0 Å². The molecule has 0 rings (SSSR count). The van der Waals surface area contributed by atoms with E-state index < -0.39 is 6.10 Å². The minimum absolute atomic E-state index is 0.115. The summed E-state index contributed by atoms with van der Waals surface area (Å²) in [5.74, 6) is -1.04. The number of carbonyl (C=O) groups excluding carboxylic acids is 3. The molecule has 0 aromatic rings. The summed E-state index contributed by atoms with van der Waals surface area (Å²) in [6.45, 7) is 6.22. The van der Waals surface area contributed by atoms with Gasteiger partial charge < -0.3 is 14.2 Å². The SMILES string of the molecule is CC/C=C\C/C=C\C/C=C\C/C=C\C/C=C\CCCC(=O)OCC(COC(=O)CCCCCCCC)OC(=O)CCCC/C=C\C/C=C\C/C=C\C/C=C\CC. The molecule has 6 heteroatoms. The molecule has 0 amide bonds. The number of rotatable bonds is 37. The summed E-state index contributed by atoms with van der Waals surface area (Å²) in [4.78, 5) is 37.5. The van der Waals surface area contributed by atoms with Gasteiger partial charge in [0.1, 0.15) is 13.2 Å². The Bertz CT molecular complexity index is 1210. The highest BCUT2D eigenvalue weighted by atomic mass is 16.6. The molecule has 0 aliphatic rings. The molecule has 0 saturated heterocycles. The van der Waals surface area contributed by atoms with Crippen LogP contribution < -0.4 is 0 Å². The number of allylic oxidation sites excluding steroid dienone is 18. The summed E-state index contributed by atoms with van der Waals surface area (Å²) in [5, 5.41) is 0. The number of esters is 3. The molecule has 0 bridgehead atoms. The van der Waals surface area contributed by atoms with Crippen molar-refractivity contribution in [3.8, 4) is 0 Å². The van der Waals surface area contributed by atoms with E-state index in [1.807, 2.05) is 0 Å². The predicted molar refractivity (Wildman–Crippen MR) is 237 cm³/mol. The largest absolute Gasteiger partial charge is 0.462 e. The highest BCUT2D eigenvalue weighted by molar-refractivity contribution is 5.71. The topological polar surface area (TPSA) is 78.9 Å². The van der Waals surface area contributed by atoms with Crippen molar-refractivity contribution in [2.45, 2.75) is 175 Å². The number of unbranched alkanes of at least 4 members (excludes halogenated alkanes) is 8. The first kappa shape index (κ1) is 52.1. The zero-order chi connectivity index (χ0) is 40.8. The van der Waals surface area contributed by atoms with E-state index in [4.69, 9.17) is 14.2 Å². The first-order chi connectivity index (χ1) is 27.5. The van der Waals surface area contributed by atoms with Crippen LogP contribution in [0.1, 0.15) is 168 Å². The molecule has 1 atom stereocenters. The standard InChI is InChI=1S/C50H78O6/c1-4-7-10-13-16-18-20-22-24-25-27-28-30-32-34-37-40-43-49(52)55-46-47(45-54-48(51)42-39-36-15-12-9-6-3)56-50(53)44-41-38-35-33-31-29-26-23-21-19-17-14-11-8-5-2/h7-8,10-11,16-19,22-24,26-28,31-34,47H,4-6,9,12-15,20-21,25,29-30,35-46H2,1-3H3/b10-7-,11-8-,18-16-,19-17-,24-22-,26-23-,28-27-,33-31-,34-32-. The van der Waals surface area contributed by atoms with E-state index in [0.29, 0.717) is 19.3 Å². The van der Waals surface area contributed by atoms with Crippen LogP contribution in [0.5, 0.6) is 0 Å². The summed E-state index contributed by atoms with van der Waals surface area (Å²) in [5.41, 5.74) is 0. The van der Waals surface area contributed by atoms with Crippen molar-refractivity contribution in [1.29, 1.82) is 0 Å². The quantitative estimate of drug-likeness (QED) is 0.0271. The molecule has 0 aromatic carbocycles. The first-order valence-electron chi connectivity index (χ1n) is 21.9. The fourth-order valence-electron chi connectivity index (χ4n) is 5.29. The maximum atomic E-state index is 12.7. The van der Waals surface area contributed by atoms with Crippen molar-refractivity contribution < 1.29 is 28.6 Å². The first-order valence-corrected chi connectivity index (χ1v) is 21.9. The molecule has 0 spiro atoms. The highest BCUT2D eigenvalue weighted by Gasteiger charge is 2.19. The van der Waals surface area contributed by atoms with Crippen LogP contribution in [-0.4, -0.2) is 37.2 Å². The number of ether oxygens (including phenoxy) is 3. The molecule has 56 heavy (non-hydrogen) atoms. The van der Waals surface area contributed by atoms with Gasteiger partial charge in [-0.3, -0.25) is 14.4 Å². The van der Waals surface area contributed by atoms with Gasteiger partial charge in [0, 0.05) is 19.3 Å². The summed E-state index contributed by atoms with van der Waals surface area (Å²) >= 11 is 0. The molecule has 0 aromatic heterocycles. The van der Waals surface area contributed by atoms with Crippen molar-refractivity contribution >= 4 is 17.9 Å². The Morgan fingerprint density at radius 3 is 1.16 bits per heavy atom. The van der Waals surface area contributed by atoms with Gasteiger partial charge in [-0.1, -0.05) is 162 Å². The van der Waals surface area contributed by atoms with Gasteiger partial charge in [-0.25, -0.2) is 0 Å². The third-order valence-corrected chi connectivity index (χ3v) is 8.52. The van der Waals surface area contributed by atoms with Crippen LogP contribution in [0.3, 0.4) is 0 Å². The fraction of sp³-hybridized carbons (Fsp3) is 0.580. The number of carbonyl (C=O) groups is 3. The summed E-state index contributed by atoms with van der Waals surface area (Å²) in [6, 6.07) is 0. The summed E-state index contributed by atoms with van der Waals surface area (Å²) < 4.78 is 16.5. The normalized spacial score (nSPS) is 13.1. The fourth-order valence-corrected chi connectivity index (χ4v) is 5.29. The predicted octanol–water partition coefficient (Wildman–Crippen LogP) is 14.0. The molecule has 0 radical (unpaired) electrons. The van der Waals surface area contributed by atoms with Crippen molar-refractivity contribution in [2.75, 3.05) is 13.2 Å². The van der Waals surface area contributed by atoms with E-state index in [0.717, 1.165) is 96.3 Å². The lowest BCUT2D eigenvalue weighted by atomic mass is 10.1. The molecule has 0 fully saturated rings. The van der Waals surface area contributed by atoms with Crippen LogP contribution in [0.15, 0.2) is 109 Å². The zero-order valence-corrected chi connectivity index (χ0v) is 35.6. The second-order valence-electron chi connectivity index (χ2n) is 13.8. The van der Waals surface area contributed by atoms with Gasteiger partial charge in [0.25, 0.3) is 0 Å². The third kappa shape index (κ3) is 41.2. The molecule has 0 aliphatic heterocycles. The van der Waals surface area contributed by atoms with Gasteiger partial charge in [-0.05, 0) is 96.3 Å². The molecular formula is C50H78O6. The van der Waals surface area contributed by atoms with Crippen LogP contribution in [0.25, 0.3) is 0 Å². The van der Waals surface area contributed by atoms with E-state index in [1.54, 1.807) is 0 Å². The van der Waals surface area contributed by atoms with Crippen LogP contribution in [-0.2, 0) is 28.6 Å². The van der Waals surface area contributed by atoms with Crippen LogP contribution >= 0.6 is 0 Å². The zero-order valence-electron chi connectivity index (χ0n) is 35.6. The van der Waals surface area contributed by atoms with Gasteiger partial charge in [0.15, 0.2) is 6.10 Å². The molecule has 0 aliphatic carbocycles. The van der Waals surface area contributed by atoms with Crippen LogP contribution in [0, 0.1) is 0 Å². The van der Waals surface area contributed by atoms with E-state index in [-0.39, 0.29) is 44.0 Å². The van der Waals surface area contributed by atoms with Crippen LogP contribution in [0.4, 0.5) is 0 Å². The van der Waals surface area contributed by atoms with Crippen molar-refractivity contribution in [1.82, 2.24) is 0 Å². The number of hydrogen-bond donors (Lipinski definition) is 0. The lowest BCUT2D eigenvalue weighted by Gasteiger charge is -2.18. The summed E-state index contributed by atoms with van der Waals surface area (Å²) in [7, 11) is 0. The molecule has 6 nitrogen and oxygen atoms in total. The Hall–Kier alpha value is -3.93. The van der Waals surface area contributed by atoms with Crippen molar-refractivity contribution in [3.63, 3.8) is 0 Å². The van der Waals surface area contributed by atoms with Crippen molar-refractivity contribution in [3.05, 3.63) is 109 Å². The molecule has 0 N–H and O–H groups in total. The van der Waals surface area contributed by atoms with Gasteiger partial charge in [-0.2, -0.15) is 0 Å². The maximum Gasteiger partial charge on any atom is 0.306 e. The van der Waals surface area contributed by atoms with Gasteiger partial charge in [0.05, 0.1) is 0 Å². The second-order valence-corrected chi connectivity index (χ2v) is 13.8.